The van der Waals surface area contributed by atoms with Gasteiger partial charge >= 0.3 is 0 Å². The zero-order valence-electron chi connectivity index (χ0n) is 52.8. The Labute approximate surface area is 501 Å². The van der Waals surface area contributed by atoms with Crippen molar-refractivity contribution in [1.29, 1.82) is 0 Å². The number of amides is 1. The van der Waals surface area contributed by atoms with Crippen molar-refractivity contribution in [1.82, 2.24) is 5.32 Å². The van der Waals surface area contributed by atoms with Crippen molar-refractivity contribution >= 4 is 5.91 Å². The Hall–Kier alpha value is -1.27. The number of carbonyl (C=O) groups excluding carboxylic acids is 1. The molecule has 82 heavy (non-hydrogen) atoms. The quantitative estimate of drug-likeness (QED) is 0.0204. The first-order valence-electron chi connectivity index (χ1n) is 34.9. The third kappa shape index (κ3) is 38.1. The predicted molar refractivity (Wildman–Crippen MR) is 332 cm³/mol. The summed E-state index contributed by atoms with van der Waals surface area (Å²) in [5.74, 6) is -0.233. The number of ether oxygens (including phenoxy) is 4. The molecule has 2 aliphatic heterocycles. The first kappa shape index (κ1) is 76.8. The van der Waals surface area contributed by atoms with Gasteiger partial charge in [-0.25, -0.2) is 0 Å². The molecule has 0 saturated carbocycles. The Morgan fingerprint density at radius 2 is 0.756 bits per heavy atom. The van der Waals surface area contributed by atoms with Gasteiger partial charge < -0.3 is 65.1 Å². The Balaban J connectivity index is 1.64. The van der Waals surface area contributed by atoms with E-state index in [-0.39, 0.29) is 18.9 Å². The second kappa shape index (κ2) is 53.9. The molecule has 12 unspecified atom stereocenters. The van der Waals surface area contributed by atoms with E-state index in [0.717, 1.165) is 38.5 Å². The molecule has 2 heterocycles. The molecule has 14 heteroatoms. The SMILES string of the molecule is CCCCCCCCCCCCCCCCCCCCCCCCCCCCCCCC/C=C/C(O)C(COC1OC(CO)C(OC2OC(CO)C(O)C(O)C2O)C(O)C1O)NC(=O)CCCCCCCCCCCCCCCCCC. The number of hydrogen-bond donors (Lipinski definition) is 9. The molecule has 486 valence electrons. The van der Waals surface area contributed by atoms with Crippen LogP contribution < -0.4 is 5.32 Å². The van der Waals surface area contributed by atoms with Crippen LogP contribution in [0.25, 0.3) is 0 Å². The molecule has 0 aromatic carbocycles. The maximum atomic E-state index is 13.3. The highest BCUT2D eigenvalue weighted by Gasteiger charge is 2.51. The van der Waals surface area contributed by atoms with E-state index in [1.165, 1.54) is 257 Å². The second-order valence-corrected chi connectivity index (χ2v) is 25.0. The number of carbonyl (C=O) groups is 1. The highest BCUT2D eigenvalue weighted by Crippen LogP contribution is 2.30. The van der Waals surface area contributed by atoms with E-state index >= 15 is 0 Å². The van der Waals surface area contributed by atoms with Crippen LogP contribution in [0, 0.1) is 0 Å². The molecule has 0 radical (unpaired) electrons. The van der Waals surface area contributed by atoms with Crippen molar-refractivity contribution in [3.8, 4) is 0 Å². The summed E-state index contributed by atoms with van der Waals surface area (Å²) in [6.07, 6.45) is 48.5. The van der Waals surface area contributed by atoms with Gasteiger partial charge in [0, 0.05) is 6.42 Å². The van der Waals surface area contributed by atoms with E-state index in [1.807, 2.05) is 6.08 Å². The standard InChI is InChI=1S/C68H131NO13/c1-3-5-7-9-11-13-15-17-19-21-22-23-24-25-26-27-28-29-30-31-32-33-34-35-36-37-39-41-43-45-47-49-51-57(72)56(69-60(73)52-50-48-46-44-42-40-38-20-18-16-14-12-10-8-6-4-2)55-79-67-65(78)63(76)66(59(54-71)81-67)82-68-64(77)62(75)61(74)58(53-70)80-68/h49,51,56-59,61-68,70-72,74-78H,3-48,50,52-55H2,1-2H3,(H,69,73)/b51-49+. The first-order chi connectivity index (χ1) is 40.1. The summed E-state index contributed by atoms with van der Waals surface area (Å²) in [6, 6.07) is -0.910. The van der Waals surface area contributed by atoms with Crippen LogP contribution in [0.5, 0.6) is 0 Å². The second-order valence-electron chi connectivity index (χ2n) is 25.0. The van der Waals surface area contributed by atoms with Gasteiger partial charge in [0.15, 0.2) is 12.6 Å². The zero-order chi connectivity index (χ0) is 59.5. The van der Waals surface area contributed by atoms with Crippen LogP contribution in [-0.4, -0.2) is 140 Å². The average Bonchev–Trinajstić information content (AvgIpc) is 3.53. The lowest BCUT2D eigenvalue weighted by Crippen LogP contribution is -2.65. The van der Waals surface area contributed by atoms with Gasteiger partial charge in [0.25, 0.3) is 0 Å². The number of hydrogen-bond acceptors (Lipinski definition) is 13. The fourth-order valence-corrected chi connectivity index (χ4v) is 11.9. The molecule has 2 aliphatic rings. The molecule has 0 spiro atoms. The lowest BCUT2D eigenvalue weighted by atomic mass is 9.97. The van der Waals surface area contributed by atoms with Crippen molar-refractivity contribution in [3.63, 3.8) is 0 Å². The van der Waals surface area contributed by atoms with Crippen LogP contribution in [0.4, 0.5) is 0 Å². The molecule has 14 nitrogen and oxygen atoms in total. The highest BCUT2D eigenvalue weighted by atomic mass is 16.7. The van der Waals surface area contributed by atoms with Crippen LogP contribution in [0.2, 0.25) is 0 Å². The summed E-state index contributed by atoms with van der Waals surface area (Å²) >= 11 is 0. The first-order valence-corrected chi connectivity index (χ1v) is 34.9. The third-order valence-electron chi connectivity index (χ3n) is 17.5. The smallest absolute Gasteiger partial charge is 0.220 e. The Morgan fingerprint density at radius 3 is 1.12 bits per heavy atom. The van der Waals surface area contributed by atoms with Crippen LogP contribution in [0.3, 0.4) is 0 Å². The minimum Gasteiger partial charge on any atom is -0.394 e. The third-order valence-corrected chi connectivity index (χ3v) is 17.5. The van der Waals surface area contributed by atoms with E-state index in [2.05, 4.69) is 19.2 Å². The molecule has 0 aromatic heterocycles. The normalized spacial score (nSPS) is 23.9. The summed E-state index contributed by atoms with van der Waals surface area (Å²) < 4.78 is 22.8. The van der Waals surface area contributed by atoms with Gasteiger partial charge in [-0.05, 0) is 19.3 Å². The monoisotopic (exact) mass is 1170 g/mol. The van der Waals surface area contributed by atoms with E-state index in [0.29, 0.717) is 6.42 Å². The molecule has 12 atom stereocenters. The largest absolute Gasteiger partial charge is 0.394 e. The fraction of sp³-hybridized carbons (Fsp3) is 0.956. The van der Waals surface area contributed by atoms with E-state index in [4.69, 9.17) is 18.9 Å². The molecular formula is C68H131NO13. The fourth-order valence-electron chi connectivity index (χ4n) is 11.9. The molecule has 0 bridgehead atoms. The topological polar surface area (TPSA) is 228 Å². The van der Waals surface area contributed by atoms with Crippen molar-refractivity contribution < 1.29 is 64.6 Å². The molecule has 0 aliphatic carbocycles. The van der Waals surface area contributed by atoms with E-state index < -0.39 is 86.8 Å². The Bertz CT molecular complexity index is 1420. The zero-order valence-corrected chi connectivity index (χ0v) is 52.8. The van der Waals surface area contributed by atoms with Crippen LogP contribution in [-0.2, 0) is 23.7 Å². The van der Waals surface area contributed by atoms with Crippen molar-refractivity contribution in [2.24, 2.45) is 0 Å². The lowest BCUT2D eigenvalue weighted by molar-refractivity contribution is -0.359. The molecule has 9 N–H and O–H groups in total. The number of rotatable bonds is 58. The van der Waals surface area contributed by atoms with Crippen LogP contribution in [0.15, 0.2) is 12.2 Å². The lowest BCUT2D eigenvalue weighted by Gasteiger charge is -2.46. The number of aliphatic hydroxyl groups excluding tert-OH is 8. The van der Waals surface area contributed by atoms with Gasteiger partial charge in [0.1, 0.15) is 48.8 Å². The van der Waals surface area contributed by atoms with Gasteiger partial charge in [0.05, 0.1) is 32.0 Å². The number of unbranched alkanes of at least 4 members (excludes halogenated alkanes) is 45. The molecule has 2 saturated heterocycles. The van der Waals surface area contributed by atoms with Gasteiger partial charge in [0.2, 0.25) is 5.91 Å². The maximum absolute atomic E-state index is 13.3. The minimum absolute atomic E-state index is 0.233. The molecule has 2 fully saturated rings. The van der Waals surface area contributed by atoms with Gasteiger partial charge in [-0.2, -0.15) is 0 Å². The summed E-state index contributed by atoms with van der Waals surface area (Å²) in [5.41, 5.74) is 0. The van der Waals surface area contributed by atoms with Gasteiger partial charge in [-0.1, -0.05) is 309 Å². The number of allylic oxidation sites excluding steroid dienone is 1. The number of aliphatic hydroxyl groups is 8. The van der Waals surface area contributed by atoms with Gasteiger partial charge in [-0.15, -0.1) is 0 Å². The van der Waals surface area contributed by atoms with Crippen LogP contribution in [0.1, 0.15) is 322 Å². The summed E-state index contributed by atoms with van der Waals surface area (Å²) in [4.78, 5) is 13.3. The molecule has 1 amide bonds. The summed E-state index contributed by atoms with van der Waals surface area (Å²) in [5, 5.41) is 87.3. The van der Waals surface area contributed by atoms with Crippen molar-refractivity contribution in [2.75, 3.05) is 19.8 Å². The highest BCUT2D eigenvalue weighted by molar-refractivity contribution is 5.76. The maximum Gasteiger partial charge on any atom is 0.220 e. The molecular weight excluding hydrogens is 1040 g/mol. The minimum atomic E-state index is -1.79. The Kier molecular flexibility index (Phi) is 50.5. The Morgan fingerprint density at radius 1 is 0.427 bits per heavy atom. The number of nitrogens with one attached hydrogen (secondary N) is 1. The summed E-state index contributed by atoms with van der Waals surface area (Å²) in [6.45, 7) is 2.85. The molecule has 0 aromatic rings. The average molecular weight is 1170 g/mol. The van der Waals surface area contributed by atoms with Gasteiger partial charge in [-0.3, -0.25) is 4.79 Å². The van der Waals surface area contributed by atoms with E-state index in [1.54, 1.807) is 6.08 Å². The predicted octanol–water partition coefficient (Wildman–Crippen LogP) is 13.8. The summed E-state index contributed by atoms with van der Waals surface area (Å²) in [7, 11) is 0. The van der Waals surface area contributed by atoms with Crippen molar-refractivity contribution in [2.45, 2.75) is 396 Å². The van der Waals surface area contributed by atoms with Crippen LogP contribution >= 0.6 is 0 Å². The van der Waals surface area contributed by atoms with E-state index in [9.17, 15) is 45.6 Å². The van der Waals surface area contributed by atoms with Crippen molar-refractivity contribution in [3.05, 3.63) is 12.2 Å². The molecule has 2 rings (SSSR count).